The first-order chi connectivity index (χ1) is 21.7. The van der Waals surface area contributed by atoms with E-state index >= 15 is 0 Å². The SMILES string of the molecule is COCCOCCNC(=O)c1cc(C)c(-c2cc3c(NC4CCC(N)CC4)c(C(N)=Nc4cc(F)ccc4Cl)cnn3c2)cn1. The first kappa shape index (κ1) is 32.3. The largest absolute Gasteiger partial charge is 0.383 e. The van der Waals surface area contributed by atoms with E-state index in [0.29, 0.717) is 37.6 Å². The van der Waals surface area contributed by atoms with Crippen LogP contribution in [0.15, 0.2) is 53.9 Å². The van der Waals surface area contributed by atoms with Crippen molar-refractivity contribution in [1.29, 1.82) is 0 Å². The van der Waals surface area contributed by atoms with Crippen LogP contribution in [0.2, 0.25) is 5.02 Å². The minimum Gasteiger partial charge on any atom is -0.383 e. The molecule has 45 heavy (non-hydrogen) atoms. The van der Waals surface area contributed by atoms with E-state index in [2.05, 4.69) is 25.7 Å². The number of ether oxygens (including phenoxy) is 2. The molecule has 1 aliphatic rings. The number of nitrogens with zero attached hydrogens (tertiary/aromatic N) is 4. The van der Waals surface area contributed by atoms with Crippen molar-refractivity contribution in [3.05, 3.63) is 76.6 Å². The lowest BCUT2D eigenvalue weighted by atomic mass is 9.91. The van der Waals surface area contributed by atoms with Gasteiger partial charge in [-0.05, 0) is 62.4 Å². The van der Waals surface area contributed by atoms with Crippen LogP contribution in [-0.4, -0.2) is 71.9 Å². The number of aliphatic imine (C=N–C) groups is 1. The van der Waals surface area contributed by atoms with E-state index in [1.54, 1.807) is 30.1 Å². The van der Waals surface area contributed by atoms with Crippen LogP contribution in [-0.2, 0) is 9.47 Å². The van der Waals surface area contributed by atoms with Crippen molar-refractivity contribution in [3.63, 3.8) is 0 Å². The summed E-state index contributed by atoms with van der Waals surface area (Å²) in [5.74, 6) is -0.597. The zero-order valence-electron chi connectivity index (χ0n) is 25.4. The summed E-state index contributed by atoms with van der Waals surface area (Å²) in [5.41, 5.74) is 17.9. The number of amidine groups is 1. The van der Waals surface area contributed by atoms with Crippen LogP contribution < -0.4 is 22.1 Å². The quantitative estimate of drug-likeness (QED) is 0.0999. The number of aryl methyl sites for hydroxylation is 1. The van der Waals surface area contributed by atoms with Crippen molar-refractivity contribution in [2.45, 2.75) is 44.7 Å². The predicted octanol–water partition coefficient (Wildman–Crippen LogP) is 4.61. The van der Waals surface area contributed by atoms with Crippen molar-refractivity contribution >= 4 is 40.2 Å². The second-order valence-electron chi connectivity index (χ2n) is 11.1. The first-order valence-corrected chi connectivity index (χ1v) is 15.3. The maximum absolute atomic E-state index is 14.0. The standard InChI is InChI=1S/C32H38ClFN8O3/c1-19-13-28(32(43)37-9-10-45-12-11-44-2)38-16-24(19)20-14-29-30(40-23-6-4-22(35)5-7-23)25(17-39-42(29)18-20)31(36)41-27-15-21(34)3-8-26(27)33/h3,8,13-18,22-23,40H,4-7,9-12,35H2,1-2H3,(H2,36,41)(H,37,43). The lowest BCUT2D eigenvalue weighted by Crippen LogP contribution is -2.33. The second kappa shape index (κ2) is 14.8. The molecule has 1 fully saturated rings. The molecule has 11 nitrogen and oxygen atoms in total. The lowest BCUT2D eigenvalue weighted by molar-refractivity contribution is 0.0692. The molecule has 3 heterocycles. The lowest BCUT2D eigenvalue weighted by Gasteiger charge is -2.28. The van der Waals surface area contributed by atoms with Gasteiger partial charge in [-0.2, -0.15) is 5.10 Å². The van der Waals surface area contributed by atoms with Gasteiger partial charge in [0.05, 0.1) is 53.5 Å². The Balaban J connectivity index is 1.45. The fourth-order valence-corrected chi connectivity index (χ4v) is 5.49. The number of benzene rings is 1. The van der Waals surface area contributed by atoms with Gasteiger partial charge < -0.3 is 31.6 Å². The summed E-state index contributed by atoms with van der Waals surface area (Å²) in [6.07, 6.45) is 8.86. The van der Waals surface area contributed by atoms with Crippen LogP contribution in [0.4, 0.5) is 15.8 Å². The number of nitrogens with one attached hydrogen (secondary N) is 2. The maximum atomic E-state index is 14.0. The number of halogens is 2. The highest BCUT2D eigenvalue weighted by Gasteiger charge is 2.23. The summed E-state index contributed by atoms with van der Waals surface area (Å²) in [6, 6.07) is 8.07. The average molecular weight is 637 g/mol. The van der Waals surface area contributed by atoms with Gasteiger partial charge in [0.15, 0.2) is 0 Å². The minimum absolute atomic E-state index is 0.146. The smallest absolute Gasteiger partial charge is 0.269 e. The molecule has 1 aliphatic carbocycles. The molecule has 0 radical (unpaired) electrons. The van der Waals surface area contributed by atoms with Gasteiger partial charge in [-0.3, -0.25) is 9.78 Å². The zero-order valence-corrected chi connectivity index (χ0v) is 26.1. The summed E-state index contributed by atoms with van der Waals surface area (Å²) < 4.78 is 26.1. The second-order valence-corrected chi connectivity index (χ2v) is 11.5. The van der Waals surface area contributed by atoms with E-state index in [1.807, 2.05) is 19.2 Å². The zero-order chi connectivity index (χ0) is 31.9. The Bertz CT molecular complexity index is 1690. The number of pyridine rings is 1. The molecule has 5 rings (SSSR count). The van der Waals surface area contributed by atoms with Crippen LogP contribution in [0.3, 0.4) is 0 Å². The molecule has 0 atom stereocenters. The molecular weight excluding hydrogens is 599 g/mol. The van der Waals surface area contributed by atoms with E-state index in [-0.39, 0.29) is 34.5 Å². The van der Waals surface area contributed by atoms with E-state index in [0.717, 1.165) is 53.6 Å². The molecule has 0 unspecified atom stereocenters. The van der Waals surface area contributed by atoms with Gasteiger partial charge >= 0.3 is 0 Å². The Morgan fingerprint density at radius 3 is 2.71 bits per heavy atom. The normalized spacial score (nSPS) is 17.0. The molecule has 1 amide bonds. The number of fused-ring (bicyclic) bond motifs is 1. The van der Waals surface area contributed by atoms with Crippen molar-refractivity contribution in [1.82, 2.24) is 19.9 Å². The van der Waals surface area contributed by atoms with Crippen LogP contribution in [0.5, 0.6) is 0 Å². The molecule has 0 bridgehead atoms. The third-order valence-corrected chi connectivity index (χ3v) is 8.12. The molecule has 0 aliphatic heterocycles. The highest BCUT2D eigenvalue weighted by molar-refractivity contribution is 6.33. The van der Waals surface area contributed by atoms with Crippen LogP contribution in [0, 0.1) is 12.7 Å². The number of nitrogens with two attached hydrogens (primary N) is 2. The van der Waals surface area contributed by atoms with Crippen molar-refractivity contribution < 1.29 is 18.7 Å². The van der Waals surface area contributed by atoms with Crippen molar-refractivity contribution in [2.75, 3.05) is 38.8 Å². The average Bonchev–Trinajstić information content (AvgIpc) is 3.46. The number of aromatic nitrogens is 3. The number of carbonyl (C=O) groups is 1. The third kappa shape index (κ3) is 7.95. The highest BCUT2D eigenvalue weighted by atomic mass is 35.5. The van der Waals surface area contributed by atoms with E-state index in [1.165, 1.54) is 18.2 Å². The molecule has 13 heteroatoms. The third-order valence-electron chi connectivity index (χ3n) is 7.80. The Labute approximate surface area is 266 Å². The molecule has 0 spiro atoms. The molecule has 3 aromatic heterocycles. The number of anilines is 1. The number of hydrogen-bond acceptors (Lipinski definition) is 8. The molecular formula is C32H38ClFN8O3. The van der Waals surface area contributed by atoms with Gasteiger partial charge in [-0.15, -0.1) is 0 Å². The van der Waals surface area contributed by atoms with E-state index in [9.17, 15) is 9.18 Å². The van der Waals surface area contributed by atoms with Crippen LogP contribution in [0.1, 0.15) is 47.3 Å². The Morgan fingerprint density at radius 2 is 1.96 bits per heavy atom. The minimum atomic E-state index is -0.466. The van der Waals surface area contributed by atoms with Gasteiger partial charge in [0.25, 0.3) is 5.91 Å². The number of rotatable bonds is 12. The fraction of sp³-hybridized carbons (Fsp3) is 0.375. The number of hydrogen-bond donors (Lipinski definition) is 4. The Kier molecular flexibility index (Phi) is 10.6. The Hall–Kier alpha value is -4.10. The number of methoxy groups -OCH3 is 1. The summed E-state index contributed by atoms with van der Waals surface area (Å²) >= 11 is 6.28. The first-order valence-electron chi connectivity index (χ1n) is 14.9. The van der Waals surface area contributed by atoms with E-state index in [4.69, 9.17) is 32.5 Å². The summed E-state index contributed by atoms with van der Waals surface area (Å²) in [4.78, 5) is 21.6. The topological polar surface area (TPSA) is 154 Å². The maximum Gasteiger partial charge on any atom is 0.269 e. The monoisotopic (exact) mass is 636 g/mol. The van der Waals surface area contributed by atoms with Gasteiger partial charge in [-0.1, -0.05) is 11.6 Å². The van der Waals surface area contributed by atoms with Crippen molar-refractivity contribution in [3.8, 4) is 11.1 Å². The number of carbonyl (C=O) groups excluding carboxylic acids is 1. The van der Waals surface area contributed by atoms with Gasteiger partial charge in [-0.25, -0.2) is 13.9 Å². The summed E-state index contributed by atoms with van der Waals surface area (Å²) in [5, 5.41) is 11.4. The van der Waals surface area contributed by atoms with Gasteiger partial charge in [0.2, 0.25) is 0 Å². The molecule has 6 N–H and O–H groups in total. The van der Waals surface area contributed by atoms with Gasteiger partial charge in [0, 0.05) is 55.3 Å². The summed E-state index contributed by atoms with van der Waals surface area (Å²) in [6.45, 7) is 3.64. The van der Waals surface area contributed by atoms with Crippen LogP contribution >= 0.6 is 11.6 Å². The highest BCUT2D eigenvalue weighted by Crippen LogP contribution is 2.33. The van der Waals surface area contributed by atoms with Crippen LogP contribution in [0.25, 0.3) is 16.6 Å². The van der Waals surface area contributed by atoms with E-state index < -0.39 is 5.82 Å². The molecule has 4 aromatic rings. The van der Waals surface area contributed by atoms with Gasteiger partial charge in [0.1, 0.15) is 17.3 Å². The van der Waals surface area contributed by atoms with Crippen molar-refractivity contribution in [2.24, 2.45) is 16.5 Å². The molecule has 238 valence electrons. The predicted molar refractivity (Wildman–Crippen MR) is 174 cm³/mol. The number of amides is 1. The summed E-state index contributed by atoms with van der Waals surface area (Å²) in [7, 11) is 1.61. The molecule has 0 saturated heterocycles. The molecule has 1 aromatic carbocycles. The fourth-order valence-electron chi connectivity index (χ4n) is 5.33. The Morgan fingerprint density at radius 1 is 1.16 bits per heavy atom. The molecule has 1 saturated carbocycles.